The summed E-state index contributed by atoms with van der Waals surface area (Å²) in [6, 6.07) is 10.5. The molecule has 0 radical (unpaired) electrons. The third kappa shape index (κ3) is 2.24. The Hall–Kier alpha value is -0.860. The van der Waals surface area contributed by atoms with Gasteiger partial charge in [0.15, 0.2) is 0 Å². The third-order valence-corrected chi connectivity index (χ3v) is 4.49. The molecule has 0 saturated heterocycles. The molecule has 0 spiro atoms. The molecule has 0 bridgehead atoms. The minimum absolute atomic E-state index is 0.760. The molecule has 0 unspecified atom stereocenters. The van der Waals surface area contributed by atoms with E-state index in [2.05, 4.69) is 41.5 Å². The van der Waals surface area contributed by atoms with E-state index < -0.39 is 0 Å². The van der Waals surface area contributed by atoms with Gasteiger partial charge in [-0.15, -0.1) is 0 Å². The molecule has 3 rings (SSSR count). The average molecular weight is 230 g/mol. The molecule has 1 saturated carbocycles. The van der Waals surface area contributed by atoms with E-state index in [-0.39, 0.29) is 0 Å². The lowest BCUT2D eigenvalue weighted by Crippen LogP contribution is -2.39. The van der Waals surface area contributed by atoms with Crippen LogP contribution in [0.1, 0.15) is 36.8 Å². The second-order valence-corrected chi connectivity index (χ2v) is 5.47. The van der Waals surface area contributed by atoms with Crippen LogP contribution in [0.15, 0.2) is 24.3 Å². The van der Waals surface area contributed by atoms with Gasteiger partial charge in [0, 0.05) is 25.2 Å². The Bertz CT molecular complexity index is 355. The molecule has 1 aliphatic carbocycles. The van der Waals surface area contributed by atoms with Crippen molar-refractivity contribution in [3.8, 4) is 0 Å². The molecule has 0 aromatic heterocycles. The zero-order valence-corrected chi connectivity index (χ0v) is 10.7. The highest BCUT2D eigenvalue weighted by Gasteiger charge is 2.28. The van der Waals surface area contributed by atoms with E-state index in [9.17, 15) is 0 Å². The van der Waals surface area contributed by atoms with E-state index in [1.165, 1.54) is 38.8 Å². The molecule has 1 fully saturated rings. The van der Waals surface area contributed by atoms with Crippen molar-refractivity contribution in [2.75, 3.05) is 7.05 Å². The van der Waals surface area contributed by atoms with Gasteiger partial charge in [0.25, 0.3) is 0 Å². The summed E-state index contributed by atoms with van der Waals surface area (Å²) < 4.78 is 0. The van der Waals surface area contributed by atoms with Gasteiger partial charge in [-0.25, -0.2) is 0 Å². The number of rotatable bonds is 2. The van der Waals surface area contributed by atoms with Crippen molar-refractivity contribution >= 4 is 0 Å². The summed E-state index contributed by atoms with van der Waals surface area (Å²) in [6.45, 7) is 2.34. The van der Waals surface area contributed by atoms with Crippen LogP contribution in [0.5, 0.6) is 0 Å². The molecule has 92 valence electrons. The number of benzene rings is 1. The predicted octanol–water partition coefficient (Wildman–Crippen LogP) is 2.53. The van der Waals surface area contributed by atoms with Crippen LogP contribution in [-0.2, 0) is 13.1 Å². The number of fused-ring (bicyclic) bond motifs is 1. The minimum Gasteiger partial charge on any atom is -0.317 e. The molecule has 2 nitrogen and oxygen atoms in total. The van der Waals surface area contributed by atoms with Crippen LogP contribution in [0.3, 0.4) is 0 Å². The van der Waals surface area contributed by atoms with E-state index in [1.807, 2.05) is 0 Å². The number of hydrogen-bond acceptors (Lipinski definition) is 2. The second-order valence-electron chi connectivity index (χ2n) is 5.47. The summed E-state index contributed by atoms with van der Waals surface area (Å²) in [5.74, 6) is 0. The topological polar surface area (TPSA) is 15.3 Å². The Morgan fingerprint density at radius 1 is 1.00 bits per heavy atom. The summed E-state index contributed by atoms with van der Waals surface area (Å²) in [5.41, 5.74) is 3.09. The van der Waals surface area contributed by atoms with Crippen LogP contribution in [-0.4, -0.2) is 24.0 Å². The monoisotopic (exact) mass is 230 g/mol. The van der Waals surface area contributed by atoms with E-state index in [0.717, 1.165) is 12.1 Å². The van der Waals surface area contributed by atoms with Crippen molar-refractivity contribution in [3.63, 3.8) is 0 Å². The van der Waals surface area contributed by atoms with Crippen molar-refractivity contribution in [2.24, 2.45) is 0 Å². The number of nitrogens with zero attached hydrogens (tertiary/aromatic N) is 1. The quantitative estimate of drug-likeness (QED) is 0.840. The Kier molecular flexibility index (Phi) is 3.17. The molecule has 2 heteroatoms. The molecule has 1 N–H and O–H groups in total. The largest absolute Gasteiger partial charge is 0.317 e. The summed E-state index contributed by atoms with van der Waals surface area (Å²) in [7, 11) is 2.09. The van der Waals surface area contributed by atoms with Crippen molar-refractivity contribution in [1.82, 2.24) is 10.2 Å². The summed E-state index contributed by atoms with van der Waals surface area (Å²) in [4.78, 5) is 2.68. The van der Waals surface area contributed by atoms with Gasteiger partial charge in [-0.2, -0.15) is 0 Å². The molecular formula is C15H22N2. The van der Waals surface area contributed by atoms with Crippen molar-refractivity contribution in [1.29, 1.82) is 0 Å². The van der Waals surface area contributed by atoms with Gasteiger partial charge in [0.2, 0.25) is 0 Å². The fourth-order valence-electron chi connectivity index (χ4n) is 3.35. The first-order valence-electron chi connectivity index (χ1n) is 6.85. The van der Waals surface area contributed by atoms with Crippen LogP contribution in [0.25, 0.3) is 0 Å². The first-order valence-corrected chi connectivity index (χ1v) is 6.85. The lowest BCUT2D eigenvalue weighted by Gasteiger charge is -2.34. The first kappa shape index (κ1) is 11.2. The summed E-state index contributed by atoms with van der Waals surface area (Å²) >= 11 is 0. The molecule has 0 amide bonds. The van der Waals surface area contributed by atoms with Crippen LogP contribution in [0.2, 0.25) is 0 Å². The number of hydrogen-bond donors (Lipinski definition) is 1. The zero-order chi connectivity index (χ0) is 11.7. The molecular weight excluding hydrogens is 208 g/mol. The number of nitrogens with one attached hydrogen (secondary N) is 1. The highest BCUT2D eigenvalue weighted by molar-refractivity contribution is 5.30. The SMILES string of the molecule is CNC1CCC(N2Cc3ccccc3C2)CC1. The molecule has 1 heterocycles. The average Bonchev–Trinajstić information content (AvgIpc) is 2.82. The maximum atomic E-state index is 3.41. The molecule has 0 atom stereocenters. The molecule has 17 heavy (non-hydrogen) atoms. The maximum absolute atomic E-state index is 3.41. The Morgan fingerprint density at radius 3 is 2.12 bits per heavy atom. The molecule has 1 aliphatic heterocycles. The summed E-state index contributed by atoms with van der Waals surface area (Å²) in [5, 5.41) is 3.41. The van der Waals surface area contributed by atoms with E-state index in [0.29, 0.717) is 0 Å². The third-order valence-electron chi connectivity index (χ3n) is 4.49. The standard InChI is InChI=1S/C15H22N2/c1-16-14-6-8-15(9-7-14)17-10-12-4-2-3-5-13(12)11-17/h2-5,14-16H,6-11H2,1H3. The van der Waals surface area contributed by atoms with Crippen molar-refractivity contribution in [3.05, 3.63) is 35.4 Å². The highest BCUT2D eigenvalue weighted by Crippen LogP contribution is 2.30. The van der Waals surface area contributed by atoms with Gasteiger partial charge < -0.3 is 5.32 Å². The lowest BCUT2D eigenvalue weighted by atomic mass is 9.90. The van der Waals surface area contributed by atoms with Gasteiger partial charge in [0.1, 0.15) is 0 Å². The lowest BCUT2D eigenvalue weighted by molar-refractivity contribution is 0.145. The Morgan fingerprint density at radius 2 is 1.59 bits per heavy atom. The van der Waals surface area contributed by atoms with Gasteiger partial charge in [-0.1, -0.05) is 24.3 Å². The van der Waals surface area contributed by atoms with Gasteiger partial charge in [-0.3, -0.25) is 4.90 Å². The first-order chi connectivity index (χ1) is 8.36. The van der Waals surface area contributed by atoms with Crippen LogP contribution >= 0.6 is 0 Å². The second kappa shape index (κ2) is 4.79. The van der Waals surface area contributed by atoms with Crippen LogP contribution in [0, 0.1) is 0 Å². The van der Waals surface area contributed by atoms with E-state index >= 15 is 0 Å². The Labute approximate surface area is 104 Å². The smallest absolute Gasteiger partial charge is 0.0243 e. The van der Waals surface area contributed by atoms with Gasteiger partial charge in [-0.05, 0) is 43.9 Å². The maximum Gasteiger partial charge on any atom is 0.0243 e. The van der Waals surface area contributed by atoms with Crippen LogP contribution in [0.4, 0.5) is 0 Å². The van der Waals surface area contributed by atoms with Gasteiger partial charge in [0.05, 0.1) is 0 Å². The van der Waals surface area contributed by atoms with Crippen molar-refractivity contribution in [2.45, 2.75) is 50.9 Å². The Balaban J connectivity index is 1.62. The molecule has 1 aromatic rings. The molecule has 1 aromatic carbocycles. The van der Waals surface area contributed by atoms with Crippen molar-refractivity contribution < 1.29 is 0 Å². The van der Waals surface area contributed by atoms with Crippen LogP contribution < -0.4 is 5.32 Å². The summed E-state index contributed by atoms with van der Waals surface area (Å²) in [6.07, 6.45) is 5.40. The van der Waals surface area contributed by atoms with E-state index in [1.54, 1.807) is 11.1 Å². The highest BCUT2D eigenvalue weighted by atomic mass is 15.2. The fourth-order valence-corrected chi connectivity index (χ4v) is 3.35. The zero-order valence-electron chi connectivity index (χ0n) is 10.7. The predicted molar refractivity (Wildman–Crippen MR) is 70.8 cm³/mol. The van der Waals surface area contributed by atoms with E-state index in [4.69, 9.17) is 0 Å². The molecule has 2 aliphatic rings. The normalized spacial score (nSPS) is 29.2. The fraction of sp³-hybridized carbons (Fsp3) is 0.600. The minimum atomic E-state index is 0.760. The van der Waals surface area contributed by atoms with Gasteiger partial charge >= 0.3 is 0 Å².